The van der Waals surface area contributed by atoms with Crippen molar-refractivity contribution in [2.75, 3.05) is 4.90 Å². The van der Waals surface area contributed by atoms with Gasteiger partial charge in [0.15, 0.2) is 5.13 Å². The summed E-state index contributed by atoms with van der Waals surface area (Å²) in [5.74, 6) is -0.740. The Labute approximate surface area is 154 Å². The van der Waals surface area contributed by atoms with Crippen molar-refractivity contribution in [3.8, 4) is 0 Å². The summed E-state index contributed by atoms with van der Waals surface area (Å²) in [6.45, 7) is 1.88. The topological polar surface area (TPSA) is 33.2 Å². The van der Waals surface area contributed by atoms with Crippen LogP contribution in [0.2, 0.25) is 5.02 Å². The minimum Gasteiger partial charge on any atom is -0.269 e. The van der Waals surface area contributed by atoms with Crippen molar-refractivity contribution in [2.45, 2.75) is 6.92 Å². The van der Waals surface area contributed by atoms with Crippen LogP contribution in [0.5, 0.6) is 0 Å². The molecule has 0 aliphatic carbocycles. The highest BCUT2D eigenvalue weighted by Crippen LogP contribution is 2.29. The van der Waals surface area contributed by atoms with Gasteiger partial charge in [-0.3, -0.25) is 9.69 Å². The van der Waals surface area contributed by atoms with E-state index in [2.05, 4.69) is 4.98 Å². The van der Waals surface area contributed by atoms with Gasteiger partial charge in [-0.2, -0.15) is 0 Å². The summed E-state index contributed by atoms with van der Waals surface area (Å²) < 4.78 is 13.2. The van der Waals surface area contributed by atoms with E-state index >= 15 is 0 Å². The predicted molar refractivity (Wildman–Crippen MR) is 101 cm³/mol. The van der Waals surface area contributed by atoms with E-state index in [1.165, 1.54) is 29.5 Å². The Balaban J connectivity index is 1.91. The third-order valence-corrected chi connectivity index (χ3v) is 4.63. The molecule has 3 rings (SSSR count). The number of halogens is 2. The molecule has 25 heavy (non-hydrogen) atoms. The van der Waals surface area contributed by atoms with Crippen LogP contribution in [-0.2, 0) is 4.79 Å². The Morgan fingerprint density at radius 1 is 1.24 bits per heavy atom. The standard InChI is InChI=1S/C19H14ClFN2OS/c1-13-12-25-19(22-13)23(15-5-3-2-4-6-15)18(24)10-8-14-7-9-17(21)16(20)11-14/h2-12H,1H3/b10-8+. The molecule has 0 atom stereocenters. The lowest BCUT2D eigenvalue weighted by Gasteiger charge is -2.18. The molecule has 1 amide bonds. The minimum absolute atomic E-state index is 0.0186. The van der Waals surface area contributed by atoms with E-state index in [9.17, 15) is 9.18 Å². The van der Waals surface area contributed by atoms with E-state index in [0.717, 1.165) is 11.4 Å². The summed E-state index contributed by atoms with van der Waals surface area (Å²) in [5.41, 5.74) is 2.22. The van der Waals surface area contributed by atoms with Gasteiger partial charge in [0.25, 0.3) is 5.91 Å². The van der Waals surface area contributed by atoms with Crippen LogP contribution < -0.4 is 4.90 Å². The molecular weight excluding hydrogens is 359 g/mol. The number of nitrogens with zero attached hydrogens (tertiary/aromatic N) is 2. The summed E-state index contributed by atoms with van der Waals surface area (Å²) in [5, 5.41) is 2.50. The Kier molecular flexibility index (Phi) is 5.26. The first-order valence-electron chi connectivity index (χ1n) is 7.49. The molecule has 0 saturated carbocycles. The molecule has 3 nitrogen and oxygen atoms in total. The van der Waals surface area contributed by atoms with Crippen molar-refractivity contribution in [1.82, 2.24) is 4.98 Å². The van der Waals surface area contributed by atoms with E-state index in [0.29, 0.717) is 10.7 Å². The molecule has 0 saturated heterocycles. The maximum Gasteiger partial charge on any atom is 0.257 e. The smallest absolute Gasteiger partial charge is 0.257 e. The lowest BCUT2D eigenvalue weighted by atomic mass is 10.2. The molecule has 0 N–H and O–H groups in total. The average Bonchev–Trinajstić information content (AvgIpc) is 3.03. The number of anilines is 2. The van der Waals surface area contributed by atoms with Crippen LogP contribution in [0.4, 0.5) is 15.2 Å². The predicted octanol–water partition coefficient (Wildman–Crippen LogP) is 5.62. The van der Waals surface area contributed by atoms with Gasteiger partial charge in [0.1, 0.15) is 5.82 Å². The van der Waals surface area contributed by atoms with Crippen LogP contribution in [0.1, 0.15) is 11.3 Å². The SMILES string of the molecule is Cc1csc(N(C(=O)/C=C/c2ccc(F)c(Cl)c2)c2ccccc2)n1. The number of hydrogen-bond acceptors (Lipinski definition) is 3. The van der Waals surface area contributed by atoms with Gasteiger partial charge in [0.05, 0.1) is 16.4 Å². The quantitative estimate of drug-likeness (QED) is 0.557. The molecule has 0 radical (unpaired) electrons. The molecule has 0 unspecified atom stereocenters. The zero-order valence-electron chi connectivity index (χ0n) is 13.3. The first-order chi connectivity index (χ1) is 12.0. The van der Waals surface area contributed by atoms with Gasteiger partial charge >= 0.3 is 0 Å². The number of benzene rings is 2. The highest BCUT2D eigenvalue weighted by molar-refractivity contribution is 7.14. The number of amides is 1. The van der Waals surface area contributed by atoms with Crippen molar-refractivity contribution >= 4 is 45.7 Å². The lowest BCUT2D eigenvalue weighted by Crippen LogP contribution is -2.23. The number of para-hydroxylation sites is 1. The molecule has 2 aromatic carbocycles. The van der Waals surface area contributed by atoms with Crippen molar-refractivity contribution in [3.05, 3.63) is 82.1 Å². The van der Waals surface area contributed by atoms with Crippen LogP contribution in [-0.4, -0.2) is 10.9 Å². The van der Waals surface area contributed by atoms with Crippen LogP contribution in [0.25, 0.3) is 6.08 Å². The Morgan fingerprint density at radius 3 is 2.64 bits per heavy atom. The number of carbonyl (C=O) groups is 1. The summed E-state index contributed by atoms with van der Waals surface area (Å²) in [6.07, 6.45) is 3.03. The summed E-state index contributed by atoms with van der Waals surface area (Å²) in [6, 6.07) is 13.6. The van der Waals surface area contributed by atoms with Crippen LogP contribution in [0, 0.1) is 12.7 Å². The summed E-state index contributed by atoms with van der Waals surface area (Å²) in [7, 11) is 0. The minimum atomic E-state index is -0.491. The highest BCUT2D eigenvalue weighted by Gasteiger charge is 2.18. The van der Waals surface area contributed by atoms with Crippen LogP contribution in [0.15, 0.2) is 60.0 Å². The van der Waals surface area contributed by atoms with Crippen molar-refractivity contribution in [3.63, 3.8) is 0 Å². The molecule has 0 spiro atoms. The largest absolute Gasteiger partial charge is 0.269 e. The van der Waals surface area contributed by atoms with E-state index in [4.69, 9.17) is 11.6 Å². The van der Waals surface area contributed by atoms with E-state index in [-0.39, 0.29) is 10.9 Å². The van der Waals surface area contributed by atoms with Crippen LogP contribution >= 0.6 is 22.9 Å². The van der Waals surface area contributed by atoms with Crippen LogP contribution in [0.3, 0.4) is 0 Å². The Bertz CT molecular complexity index is 924. The maximum absolute atomic E-state index is 13.2. The van der Waals surface area contributed by atoms with Gasteiger partial charge in [0.2, 0.25) is 0 Å². The molecule has 0 aliphatic rings. The number of aryl methyl sites for hydroxylation is 1. The molecule has 0 aliphatic heterocycles. The first-order valence-corrected chi connectivity index (χ1v) is 8.75. The molecule has 126 valence electrons. The van der Waals surface area contributed by atoms with Gasteiger partial charge in [0, 0.05) is 11.5 Å². The van der Waals surface area contributed by atoms with E-state index in [1.54, 1.807) is 17.0 Å². The number of hydrogen-bond donors (Lipinski definition) is 0. The molecular formula is C19H14ClFN2OS. The van der Waals surface area contributed by atoms with Gasteiger partial charge in [-0.25, -0.2) is 9.37 Å². The molecule has 1 aromatic heterocycles. The third-order valence-electron chi connectivity index (χ3n) is 3.39. The molecule has 0 bridgehead atoms. The molecule has 0 fully saturated rings. The number of carbonyl (C=O) groups excluding carboxylic acids is 1. The van der Waals surface area contributed by atoms with Gasteiger partial charge < -0.3 is 0 Å². The van der Waals surface area contributed by atoms with Gasteiger partial charge in [-0.15, -0.1) is 11.3 Å². The van der Waals surface area contributed by atoms with Crippen molar-refractivity contribution < 1.29 is 9.18 Å². The summed E-state index contributed by atoms with van der Waals surface area (Å²) >= 11 is 7.17. The monoisotopic (exact) mass is 372 g/mol. The fourth-order valence-corrected chi connectivity index (χ4v) is 3.23. The third kappa shape index (κ3) is 4.13. The normalized spacial score (nSPS) is 11.0. The Morgan fingerprint density at radius 2 is 2.00 bits per heavy atom. The molecule has 3 aromatic rings. The number of rotatable bonds is 4. The second-order valence-corrected chi connectivity index (χ2v) is 6.53. The van der Waals surface area contributed by atoms with E-state index < -0.39 is 5.82 Å². The lowest BCUT2D eigenvalue weighted by molar-refractivity contribution is -0.113. The second kappa shape index (κ2) is 7.59. The van der Waals surface area contributed by atoms with Crippen molar-refractivity contribution in [1.29, 1.82) is 0 Å². The van der Waals surface area contributed by atoms with Crippen molar-refractivity contribution in [2.24, 2.45) is 0 Å². The number of aromatic nitrogens is 1. The fraction of sp³-hybridized carbons (Fsp3) is 0.0526. The summed E-state index contributed by atoms with van der Waals surface area (Å²) in [4.78, 5) is 18.7. The zero-order valence-corrected chi connectivity index (χ0v) is 14.9. The number of thiazole rings is 1. The molecule has 1 heterocycles. The maximum atomic E-state index is 13.2. The molecule has 6 heteroatoms. The zero-order chi connectivity index (χ0) is 17.8. The van der Waals surface area contributed by atoms with E-state index in [1.807, 2.05) is 42.6 Å². The average molecular weight is 373 g/mol. The van der Waals surface area contributed by atoms with Gasteiger partial charge in [-0.05, 0) is 42.8 Å². The second-order valence-electron chi connectivity index (χ2n) is 5.29. The Hall–Kier alpha value is -2.50. The highest BCUT2D eigenvalue weighted by atomic mass is 35.5. The van der Waals surface area contributed by atoms with Gasteiger partial charge in [-0.1, -0.05) is 35.9 Å². The fourth-order valence-electron chi connectivity index (χ4n) is 2.21. The first kappa shape index (κ1) is 17.3.